The molecule has 0 aromatic heterocycles. The van der Waals surface area contributed by atoms with Gasteiger partial charge in [-0.05, 0) is 38.5 Å². The second-order valence-corrected chi connectivity index (χ2v) is 3.58. The maximum absolute atomic E-state index is 10.2. The molecule has 0 spiro atoms. The van der Waals surface area contributed by atoms with E-state index in [1.54, 1.807) is 0 Å². The van der Waals surface area contributed by atoms with E-state index in [0.717, 1.165) is 25.7 Å². The van der Waals surface area contributed by atoms with E-state index in [4.69, 9.17) is 5.11 Å². The summed E-state index contributed by atoms with van der Waals surface area (Å²) in [7, 11) is 0. The first-order valence-corrected chi connectivity index (χ1v) is 4.73. The molecular weight excluding hydrogens is 168 g/mol. The van der Waals surface area contributed by atoms with Crippen LogP contribution in [0.2, 0.25) is 0 Å². The Bertz CT molecular complexity index is 198. The number of carboxylic acid groups (broad SMARTS) is 1. The lowest BCUT2D eigenvalue weighted by Crippen LogP contribution is -2.17. The van der Waals surface area contributed by atoms with Gasteiger partial charge in [0.25, 0.3) is 0 Å². The molecule has 0 fully saturated rings. The molecule has 2 atom stereocenters. The monoisotopic (exact) mass is 184 g/mol. The van der Waals surface area contributed by atoms with Crippen molar-refractivity contribution in [3.63, 3.8) is 0 Å². The molecule has 0 radical (unpaired) electrons. The van der Waals surface area contributed by atoms with Crippen LogP contribution in [0.5, 0.6) is 0 Å². The summed E-state index contributed by atoms with van der Waals surface area (Å²) in [6.45, 7) is 1.81. The van der Waals surface area contributed by atoms with Crippen LogP contribution >= 0.6 is 0 Å². The zero-order valence-corrected chi connectivity index (χ0v) is 7.90. The smallest absolute Gasteiger partial charge is 0.450 e. The van der Waals surface area contributed by atoms with E-state index in [1.807, 2.05) is 6.92 Å². The molecular formula is C10H16O3. The molecule has 0 bridgehead atoms. The highest BCUT2D eigenvalue weighted by molar-refractivity contribution is 5.56. The topological polar surface area (TPSA) is 46.5 Å². The van der Waals surface area contributed by atoms with Crippen molar-refractivity contribution in [2.45, 2.75) is 38.7 Å². The number of hydrogen-bond donors (Lipinski definition) is 1. The fourth-order valence-electron chi connectivity index (χ4n) is 1.76. The van der Waals surface area contributed by atoms with Gasteiger partial charge in [0, 0.05) is 0 Å². The Morgan fingerprint density at radius 2 is 2.46 bits per heavy atom. The highest BCUT2D eigenvalue weighted by Crippen LogP contribution is 2.23. The lowest BCUT2D eigenvalue weighted by atomic mass is 9.90. The van der Waals surface area contributed by atoms with Crippen molar-refractivity contribution in [3.8, 4) is 0 Å². The normalized spacial score (nSPS) is 23.9. The summed E-state index contributed by atoms with van der Waals surface area (Å²) in [5, 5.41) is 8.38. The second kappa shape index (κ2) is 4.90. The predicted octanol–water partition coefficient (Wildman–Crippen LogP) is 2.82. The van der Waals surface area contributed by atoms with Crippen LogP contribution in [0, 0.1) is 5.92 Å². The van der Waals surface area contributed by atoms with Crippen LogP contribution in [-0.2, 0) is 4.74 Å². The minimum Gasteiger partial charge on any atom is -0.450 e. The van der Waals surface area contributed by atoms with Crippen LogP contribution in [0.3, 0.4) is 0 Å². The summed E-state index contributed by atoms with van der Waals surface area (Å²) in [6.07, 6.45) is 7.19. The lowest BCUT2D eigenvalue weighted by molar-refractivity contribution is 0.0483. The third-order valence-electron chi connectivity index (χ3n) is 2.34. The molecule has 0 saturated carbocycles. The van der Waals surface area contributed by atoms with Crippen LogP contribution in [0.25, 0.3) is 0 Å². The summed E-state index contributed by atoms with van der Waals surface area (Å²) in [5.74, 6) is 0.597. The van der Waals surface area contributed by atoms with Gasteiger partial charge in [-0.15, -0.1) is 0 Å². The van der Waals surface area contributed by atoms with Gasteiger partial charge in [-0.25, -0.2) is 4.79 Å². The first-order chi connectivity index (χ1) is 6.18. The Morgan fingerprint density at radius 3 is 3.00 bits per heavy atom. The summed E-state index contributed by atoms with van der Waals surface area (Å²) < 4.78 is 4.65. The van der Waals surface area contributed by atoms with Crippen molar-refractivity contribution in [1.82, 2.24) is 0 Å². The first-order valence-electron chi connectivity index (χ1n) is 4.73. The molecule has 13 heavy (non-hydrogen) atoms. The number of allylic oxidation sites excluding steroid dienone is 2. The number of rotatable bonds is 3. The zero-order chi connectivity index (χ0) is 9.68. The molecule has 3 nitrogen and oxygen atoms in total. The van der Waals surface area contributed by atoms with Gasteiger partial charge in [0.1, 0.15) is 6.10 Å². The number of ether oxygens (including phenoxy) is 1. The van der Waals surface area contributed by atoms with Gasteiger partial charge in [0.2, 0.25) is 0 Å². The van der Waals surface area contributed by atoms with Gasteiger partial charge >= 0.3 is 6.16 Å². The van der Waals surface area contributed by atoms with Crippen molar-refractivity contribution < 1.29 is 14.6 Å². The molecule has 3 heteroatoms. The van der Waals surface area contributed by atoms with Crippen LogP contribution in [0.4, 0.5) is 4.79 Å². The molecule has 0 aromatic rings. The molecule has 1 aliphatic carbocycles. The van der Waals surface area contributed by atoms with E-state index in [2.05, 4.69) is 16.9 Å². The summed E-state index contributed by atoms with van der Waals surface area (Å²) in [4.78, 5) is 10.2. The van der Waals surface area contributed by atoms with E-state index in [1.165, 1.54) is 0 Å². The third kappa shape index (κ3) is 3.97. The molecule has 0 saturated heterocycles. The molecule has 1 aliphatic rings. The minimum atomic E-state index is -1.17. The van der Waals surface area contributed by atoms with Crippen molar-refractivity contribution in [2.75, 3.05) is 0 Å². The predicted molar refractivity (Wildman–Crippen MR) is 49.7 cm³/mol. The van der Waals surface area contributed by atoms with Gasteiger partial charge in [-0.3, -0.25) is 0 Å². The first kappa shape index (κ1) is 10.1. The summed E-state index contributed by atoms with van der Waals surface area (Å²) in [6, 6.07) is 0. The molecule has 74 valence electrons. The molecule has 1 rings (SSSR count). The Morgan fingerprint density at radius 1 is 1.69 bits per heavy atom. The van der Waals surface area contributed by atoms with Gasteiger partial charge in [-0.1, -0.05) is 12.2 Å². The number of carbonyl (C=O) groups is 1. The van der Waals surface area contributed by atoms with Crippen molar-refractivity contribution in [2.24, 2.45) is 5.92 Å². The highest BCUT2D eigenvalue weighted by atomic mass is 16.7. The SMILES string of the molecule is CC(CC1CC=CCC1)OC(=O)O. The van der Waals surface area contributed by atoms with Crippen LogP contribution in [-0.4, -0.2) is 17.4 Å². The standard InChI is InChI=1S/C10H16O3/c1-8(13-10(11)12)7-9-5-3-2-4-6-9/h2-3,8-9H,4-7H2,1H3,(H,11,12). The third-order valence-corrected chi connectivity index (χ3v) is 2.34. The number of hydrogen-bond acceptors (Lipinski definition) is 2. The van der Waals surface area contributed by atoms with Gasteiger partial charge in [-0.2, -0.15) is 0 Å². The Hall–Kier alpha value is -0.990. The Balaban J connectivity index is 2.23. The van der Waals surface area contributed by atoms with Crippen molar-refractivity contribution in [3.05, 3.63) is 12.2 Å². The highest BCUT2D eigenvalue weighted by Gasteiger charge is 2.16. The maximum atomic E-state index is 10.2. The Kier molecular flexibility index (Phi) is 3.80. The van der Waals surface area contributed by atoms with E-state index in [0.29, 0.717) is 5.92 Å². The zero-order valence-electron chi connectivity index (χ0n) is 7.90. The molecule has 0 heterocycles. The van der Waals surface area contributed by atoms with E-state index < -0.39 is 6.16 Å². The van der Waals surface area contributed by atoms with Crippen LogP contribution in [0.15, 0.2) is 12.2 Å². The molecule has 0 amide bonds. The van der Waals surface area contributed by atoms with Gasteiger partial charge in [0.05, 0.1) is 0 Å². The van der Waals surface area contributed by atoms with Gasteiger partial charge < -0.3 is 9.84 Å². The molecule has 0 aromatic carbocycles. The largest absolute Gasteiger partial charge is 0.506 e. The summed E-state index contributed by atoms with van der Waals surface area (Å²) >= 11 is 0. The van der Waals surface area contributed by atoms with Crippen molar-refractivity contribution >= 4 is 6.16 Å². The molecule has 2 unspecified atom stereocenters. The maximum Gasteiger partial charge on any atom is 0.506 e. The fourth-order valence-corrected chi connectivity index (χ4v) is 1.76. The average Bonchev–Trinajstić information content (AvgIpc) is 2.04. The molecule has 1 N–H and O–H groups in total. The van der Waals surface area contributed by atoms with Crippen LogP contribution < -0.4 is 0 Å². The van der Waals surface area contributed by atoms with E-state index in [-0.39, 0.29) is 6.10 Å². The summed E-state index contributed by atoms with van der Waals surface area (Å²) in [5.41, 5.74) is 0. The van der Waals surface area contributed by atoms with Gasteiger partial charge in [0.15, 0.2) is 0 Å². The van der Waals surface area contributed by atoms with E-state index in [9.17, 15) is 4.79 Å². The van der Waals surface area contributed by atoms with Crippen LogP contribution in [0.1, 0.15) is 32.6 Å². The quantitative estimate of drug-likeness (QED) is 0.542. The average molecular weight is 184 g/mol. The lowest BCUT2D eigenvalue weighted by Gasteiger charge is -2.20. The Labute approximate surface area is 78.4 Å². The second-order valence-electron chi connectivity index (χ2n) is 3.58. The fraction of sp³-hybridized carbons (Fsp3) is 0.700. The van der Waals surface area contributed by atoms with E-state index >= 15 is 0 Å². The van der Waals surface area contributed by atoms with Crippen molar-refractivity contribution in [1.29, 1.82) is 0 Å². The molecule has 0 aliphatic heterocycles. The minimum absolute atomic E-state index is 0.172.